The molecule has 0 aromatic rings. The fourth-order valence-corrected chi connectivity index (χ4v) is 2.34. The van der Waals surface area contributed by atoms with Crippen molar-refractivity contribution in [2.45, 2.75) is 57.7 Å². The van der Waals surface area contributed by atoms with Gasteiger partial charge in [-0.25, -0.2) is 0 Å². The van der Waals surface area contributed by atoms with Gasteiger partial charge in [-0.3, -0.25) is 14.5 Å². The van der Waals surface area contributed by atoms with Crippen molar-refractivity contribution in [3.63, 3.8) is 0 Å². The highest BCUT2D eigenvalue weighted by atomic mass is 16.6. The molecular formula is C12H19NO3. The van der Waals surface area contributed by atoms with E-state index in [2.05, 4.69) is 20.8 Å². The van der Waals surface area contributed by atoms with Gasteiger partial charge in [0.1, 0.15) is 0 Å². The Bertz CT molecular complexity index is 321. The third-order valence-electron chi connectivity index (χ3n) is 3.90. The number of hydrogen-bond donors (Lipinski definition) is 0. The Labute approximate surface area is 95.9 Å². The molecule has 0 spiro atoms. The molecule has 0 N–H and O–H groups in total. The summed E-state index contributed by atoms with van der Waals surface area (Å²) in [5, 5.41) is 0. The molecular weight excluding hydrogens is 206 g/mol. The molecule has 2 aliphatic rings. The van der Waals surface area contributed by atoms with E-state index in [1.165, 1.54) is 4.90 Å². The average Bonchev–Trinajstić information content (AvgIpc) is 2.50. The van der Waals surface area contributed by atoms with Crippen molar-refractivity contribution in [2.75, 3.05) is 6.54 Å². The topological polar surface area (TPSA) is 49.9 Å². The van der Waals surface area contributed by atoms with E-state index in [0.29, 0.717) is 19.4 Å². The lowest BCUT2D eigenvalue weighted by molar-refractivity contribution is -0.138. The molecule has 2 heterocycles. The quantitative estimate of drug-likeness (QED) is 0.538. The van der Waals surface area contributed by atoms with E-state index < -0.39 is 0 Å². The number of ether oxygens (including phenoxy) is 1. The maximum absolute atomic E-state index is 11.4. The number of amides is 2. The van der Waals surface area contributed by atoms with E-state index in [9.17, 15) is 9.59 Å². The van der Waals surface area contributed by atoms with Gasteiger partial charge in [-0.05, 0) is 33.6 Å². The van der Waals surface area contributed by atoms with E-state index in [4.69, 9.17) is 4.74 Å². The molecule has 90 valence electrons. The molecule has 0 aliphatic carbocycles. The van der Waals surface area contributed by atoms with Crippen LogP contribution in [0.1, 0.15) is 46.5 Å². The highest BCUT2D eigenvalue weighted by Gasteiger charge is 2.59. The molecule has 4 nitrogen and oxygen atoms in total. The molecule has 1 unspecified atom stereocenters. The van der Waals surface area contributed by atoms with Gasteiger partial charge in [0.05, 0.1) is 11.2 Å². The fourth-order valence-electron chi connectivity index (χ4n) is 2.34. The summed E-state index contributed by atoms with van der Waals surface area (Å²) in [7, 11) is 0. The summed E-state index contributed by atoms with van der Waals surface area (Å²) in [6.45, 7) is 6.77. The lowest BCUT2D eigenvalue weighted by Gasteiger charge is -2.15. The van der Waals surface area contributed by atoms with E-state index in [1.807, 2.05) is 0 Å². The second-order valence-electron chi connectivity index (χ2n) is 5.39. The zero-order chi connectivity index (χ0) is 12.0. The van der Waals surface area contributed by atoms with Crippen LogP contribution in [0.15, 0.2) is 0 Å². The first-order chi connectivity index (χ1) is 7.36. The molecule has 0 aromatic carbocycles. The molecule has 16 heavy (non-hydrogen) atoms. The minimum Gasteiger partial charge on any atom is -0.363 e. The summed E-state index contributed by atoms with van der Waals surface area (Å²) in [6.07, 6.45) is 2.50. The van der Waals surface area contributed by atoms with Gasteiger partial charge >= 0.3 is 0 Å². The van der Waals surface area contributed by atoms with Crippen molar-refractivity contribution >= 4 is 11.8 Å². The van der Waals surface area contributed by atoms with Crippen LogP contribution in [-0.2, 0) is 14.3 Å². The molecule has 0 radical (unpaired) electrons. The Hall–Kier alpha value is -0.900. The number of hydrogen-bond acceptors (Lipinski definition) is 3. The van der Waals surface area contributed by atoms with E-state index in [1.54, 1.807) is 0 Å². The van der Waals surface area contributed by atoms with Gasteiger partial charge in [0, 0.05) is 19.4 Å². The molecule has 2 amide bonds. The second-order valence-corrected chi connectivity index (χ2v) is 5.39. The number of likely N-dealkylation sites (tertiary alicyclic amines) is 1. The number of rotatable bonds is 4. The van der Waals surface area contributed by atoms with Crippen LogP contribution < -0.4 is 0 Å². The Morgan fingerprint density at radius 3 is 2.12 bits per heavy atom. The normalized spacial score (nSPS) is 32.3. The third-order valence-corrected chi connectivity index (χ3v) is 3.90. The van der Waals surface area contributed by atoms with Crippen molar-refractivity contribution in [2.24, 2.45) is 0 Å². The predicted molar refractivity (Wildman–Crippen MR) is 58.8 cm³/mol. The Kier molecular flexibility index (Phi) is 2.57. The van der Waals surface area contributed by atoms with Crippen LogP contribution in [0, 0.1) is 0 Å². The number of carbonyl (C=O) groups is 2. The van der Waals surface area contributed by atoms with Gasteiger partial charge in [-0.15, -0.1) is 0 Å². The molecule has 0 aromatic heterocycles. The number of nitrogens with zero attached hydrogens (tertiary/aromatic N) is 1. The molecule has 2 rings (SSSR count). The summed E-state index contributed by atoms with van der Waals surface area (Å²) in [5.41, 5.74) is -0.120. The Morgan fingerprint density at radius 2 is 1.69 bits per heavy atom. The average molecular weight is 225 g/mol. The van der Waals surface area contributed by atoms with Crippen LogP contribution in [0.25, 0.3) is 0 Å². The van der Waals surface area contributed by atoms with E-state index in [-0.39, 0.29) is 23.0 Å². The minimum atomic E-state index is -0.0706. The number of carbonyl (C=O) groups excluding carboxylic acids is 2. The zero-order valence-corrected chi connectivity index (χ0v) is 10.2. The lowest BCUT2D eigenvalue weighted by Crippen LogP contribution is -2.31. The first-order valence-corrected chi connectivity index (χ1v) is 5.89. The zero-order valence-electron chi connectivity index (χ0n) is 10.2. The first kappa shape index (κ1) is 11.6. The maximum Gasteiger partial charge on any atom is 0.229 e. The van der Waals surface area contributed by atoms with Gasteiger partial charge in [0.15, 0.2) is 0 Å². The first-order valence-electron chi connectivity index (χ1n) is 5.89. The monoisotopic (exact) mass is 225 g/mol. The molecule has 0 bridgehead atoms. The Morgan fingerprint density at radius 1 is 1.19 bits per heavy atom. The second kappa shape index (κ2) is 3.55. The third kappa shape index (κ3) is 1.86. The SMILES string of the molecule is CC1(C)OC1(C)CCCN1C(=O)CCC1=O. The molecule has 1 atom stereocenters. The maximum atomic E-state index is 11.4. The van der Waals surface area contributed by atoms with Gasteiger partial charge in [0.2, 0.25) is 11.8 Å². The summed E-state index contributed by atoms with van der Waals surface area (Å²) >= 11 is 0. The van der Waals surface area contributed by atoms with Gasteiger partial charge in [-0.2, -0.15) is 0 Å². The molecule has 2 fully saturated rings. The largest absolute Gasteiger partial charge is 0.363 e. The van der Waals surface area contributed by atoms with Crippen molar-refractivity contribution in [1.82, 2.24) is 4.90 Å². The van der Waals surface area contributed by atoms with Gasteiger partial charge in [-0.1, -0.05) is 0 Å². The van der Waals surface area contributed by atoms with Gasteiger partial charge < -0.3 is 4.74 Å². The van der Waals surface area contributed by atoms with Crippen LogP contribution in [0.3, 0.4) is 0 Å². The highest BCUT2D eigenvalue weighted by molar-refractivity contribution is 6.01. The van der Waals surface area contributed by atoms with Crippen LogP contribution in [0.2, 0.25) is 0 Å². The number of imide groups is 1. The summed E-state index contributed by atoms with van der Waals surface area (Å²) < 4.78 is 5.62. The van der Waals surface area contributed by atoms with Crippen molar-refractivity contribution in [3.05, 3.63) is 0 Å². The van der Waals surface area contributed by atoms with E-state index in [0.717, 1.165) is 12.8 Å². The van der Waals surface area contributed by atoms with Crippen molar-refractivity contribution < 1.29 is 14.3 Å². The van der Waals surface area contributed by atoms with Crippen molar-refractivity contribution in [1.29, 1.82) is 0 Å². The Balaban J connectivity index is 1.77. The predicted octanol–water partition coefficient (Wildman–Crippen LogP) is 1.48. The molecule has 0 saturated carbocycles. The van der Waals surface area contributed by atoms with Crippen LogP contribution in [0.5, 0.6) is 0 Å². The van der Waals surface area contributed by atoms with Crippen molar-refractivity contribution in [3.8, 4) is 0 Å². The van der Waals surface area contributed by atoms with Crippen LogP contribution in [-0.4, -0.2) is 34.5 Å². The summed E-state index contributed by atoms with van der Waals surface area (Å²) in [5.74, 6) is -0.0442. The fraction of sp³-hybridized carbons (Fsp3) is 0.833. The molecule has 4 heteroatoms. The lowest BCUT2D eigenvalue weighted by atomic mass is 9.93. The summed E-state index contributed by atoms with van der Waals surface area (Å²) in [6, 6.07) is 0. The van der Waals surface area contributed by atoms with Crippen LogP contribution in [0.4, 0.5) is 0 Å². The van der Waals surface area contributed by atoms with Gasteiger partial charge in [0.25, 0.3) is 0 Å². The summed E-state index contributed by atoms with van der Waals surface area (Å²) in [4.78, 5) is 24.1. The molecule has 2 aliphatic heterocycles. The van der Waals surface area contributed by atoms with Crippen LogP contribution >= 0.6 is 0 Å². The highest BCUT2D eigenvalue weighted by Crippen LogP contribution is 2.50. The smallest absolute Gasteiger partial charge is 0.229 e. The minimum absolute atomic E-state index is 0.0221. The number of epoxide rings is 1. The molecule has 2 saturated heterocycles. The van der Waals surface area contributed by atoms with E-state index >= 15 is 0 Å². The standard InChI is InChI=1S/C12H19NO3/c1-11(2)12(3,16-11)7-4-8-13-9(14)5-6-10(13)15/h4-8H2,1-3H3.